The summed E-state index contributed by atoms with van der Waals surface area (Å²) < 4.78 is 5.46. The van der Waals surface area contributed by atoms with Crippen molar-refractivity contribution < 1.29 is 14.3 Å². The molecule has 2 aromatic carbocycles. The fourth-order valence-corrected chi connectivity index (χ4v) is 5.08. The normalized spacial score (nSPS) is 16.3. The van der Waals surface area contributed by atoms with Gasteiger partial charge in [-0.2, -0.15) is 0 Å². The van der Waals surface area contributed by atoms with Crippen LogP contribution in [0.2, 0.25) is 0 Å². The summed E-state index contributed by atoms with van der Waals surface area (Å²) in [6.07, 6.45) is 1.67. The van der Waals surface area contributed by atoms with Crippen LogP contribution in [0, 0.1) is 5.92 Å². The molecule has 31 heavy (non-hydrogen) atoms. The lowest BCUT2D eigenvalue weighted by Gasteiger charge is -2.35. The molecule has 0 aliphatic carbocycles. The average molecular weight is 437 g/mol. The van der Waals surface area contributed by atoms with E-state index in [1.165, 1.54) is 4.88 Å². The van der Waals surface area contributed by atoms with E-state index in [0.29, 0.717) is 31.7 Å². The molecule has 1 aliphatic rings. The van der Waals surface area contributed by atoms with Crippen molar-refractivity contribution in [3.05, 3.63) is 64.4 Å². The standard InChI is InChI=1S/C25H28N2O3S/c1-3-26(17-19-9-7-15-31-19)24(28)18-8-6-14-27(16-18)25(29)22-12-13-23(30-2)21-11-5-4-10-20(21)22/h4-5,7,9-13,15,18H,3,6,8,14,16-17H2,1-2H3. The molecule has 1 unspecified atom stereocenters. The SMILES string of the molecule is CCN(Cc1cccs1)C(=O)C1CCCN(C(=O)c2ccc(OC)c3ccccc23)C1. The molecule has 0 saturated carbocycles. The van der Waals surface area contributed by atoms with Gasteiger partial charge in [-0.1, -0.05) is 30.3 Å². The summed E-state index contributed by atoms with van der Waals surface area (Å²) in [5.41, 5.74) is 0.662. The Bertz CT molecular complexity index is 1060. The number of likely N-dealkylation sites (tertiary alicyclic amines) is 1. The minimum Gasteiger partial charge on any atom is -0.496 e. The van der Waals surface area contributed by atoms with Crippen molar-refractivity contribution in [2.24, 2.45) is 5.92 Å². The third-order valence-electron chi connectivity index (χ3n) is 6.01. The van der Waals surface area contributed by atoms with Gasteiger partial charge in [0.05, 0.1) is 19.6 Å². The molecule has 5 nitrogen and oxygen atoms in total. The average Bonchev–Trinajstić information content (AvgIpc) is 3.34. The van der Waals surface area contributed by atoms with E-state index in [1.54, 1.807) is 18.4 Å². The molecule has 2 amide bonds. The molecule has 6 heteroatoms. The van der Waals surface area contributed by atoms with E-state index in [1.807, 2.05) is 64.6 Å². The van der Waals surface area contributed by atoms with Crippen LogP contribution in [0.15, 0.2) is 53.9 Å². The molecule has 1 atom stereocenters. The zero-order chi connectivity index (χ0) is 21.8. The van der Waals surface area contributed by atoms with Crippen molar-refractivity contribution >= 4 is 33.9 Å². The fourth-order valence-electron chi connectivity index (χ4n) is 4.36. The smallest absolute Gasteiger partial charge is 0.254 e. The van der Waals surface area contributed by atoms with Crippen LogP contribution in [0.5, 0.6) is 5.75 Å². The molecule has 2 heterocycles. The van der Waals surface area contributed by atoms with Crippen molar-refractivity contribution in [1.82, 2.24) is 9.80 Å². The van der Waals surface area contributed by atoms with Crippen LogP contribution in [0.1, 0.15) is 35.0 Å². The maximum Gasteiger partial charge on any atom is 0.254 e. The van der Waals surface area contributed by atoms with Gasteiger partial charge in [-0.05, 0) is 48.7 Å². The summed E-state index contributed by atoms with van der Waals surface area (Å²) in [6.45, 7) is 4.48. The molecule has 0 N–H and O–H groups in total. The number of thiophene rings is 1. The predicted molar refractivity (Wildman–Crippen MR) is 125 cm³/mol. The highest BCUT2D eigenvalue weighted by atomic mass is 32.1. The molecule has 1 saturated heterocycles. The Hall–Kier alpha value is -2.86. The highest BCUT2D eigenvalue weighted by Gasteiger charge is 2.32. The third-order valence-corrected chi connectivity index (χ3v) is 6.87. The molecular weight excluding hydrogens is 408 g/mol. The molecule has 1 fully saturated rings. The summed E-state index contributed by atoms with van der Waals surface area (Å²) in [5.74, 6) is 0.735. The first-order valence-electron chi connectivity index (χ1n) is 10.8. The van der Waals surface area contributed by atoms with Crippen LogP contribution in [-0.2, 0) is 11.3 Å². The largest absolute Gasteiger partial charge is 0.496 e. The number of methoxy groups -OCH3 is 1. The van der Waals surface area contributed by atoms with Gasteiger partial charge >= 0.3 is 0 Å². The minimum atomic E-state index is -0.151. The van der Waals surface area contributed by atoms with Crippen LogP contribution < -0.4 is 4.74 Å². The molecule has 1 aliphatic heterocycles. The minimum absolute atomic E-state index is 0.0161. The summed E-state index contributed by atoms with van der Waals surface area (Å²) in [6, 6.07) is 15.6. The number of hydrogen-bond acceptors (Lipinski definition) is 4. The topological polar surface area (TPSA) is 49.9 Å². The first-order valence-corrected chi connectivity index (χ1v) is 11.7. The Balaban J connectivity index is 1.53. The Kier molecular flexibility index (Phi) is 6.56. The van der Waals surface area contributed by atoms with Gasteiger partial charge in [0.25, 0.3) is 5.91 Å². The van der Waals surface area contributed by atoms with E-state index < -0.39 is 0 Å². The highest BCUT2D eigenvalue weighted by Crippen LogP contribution is 2.30. The molecule has 0 radical (unpaired) electrons. The molecule has 4 rings (SSSR count). The Morgan fingerprint density at radius 3 is 2.65 bits per heavy atom. The monoisotopic (exact) mass is 436 g/mol. The maximum atomic E-state index is 13.4. The van der Waals surface area contributed by atoms with Gasteiger partial charge in [-0.3, -0.25) is 9.59 Å². The van der Waals surface area contributed by atoms with Crippen molar-refractivity contribution in [3.63, 3.8) is 0 Å². The lowest BCUT2D eigenvalue weighted by molar-refractivity contribution is -0.137. The highest BCUT2D eigenvalue weighted by molar-refractivity contribution is 7.09. The summed E-state index contributed by atoms with van der Waals surface area (Å²) in [7, 11) is 1.64. The van der Waals surface area contributed by atoms with E-state index in [4.69, 9.17) is 4.74 Å². The van der Waals surface area contributed by atoms with Crippen LogP contribution in [-0.4, -0.2) is 48.4 Å². The molecule has 3 aromatic rings. The van der Waals surface area contributed by atoms with E-state index in [2.05, 4.69) is 6.07 Å². The molecule has 1 aromatic heterocycles. The number of fused-ring (bicyclic) bond motifs is 1. The lowest BCUT2D eigenvalue weighted by Crippen LogP contribution is -2.46. The third kappa shape index (κ3) is 4.44. The zero-order valence-electron chi connectivity index (χ0n) is 18.0. The molecule has 0 spiro atoms. The van der Waals surface area contributed by atoms with Gasteiger partial charge in [0.2, 0.25) is 5.91 Å². The predicted octanol–water partition coefficient (Wildman–Crippen LogP) is 4.81. The number of ether oxygens (including phenoxy) is 1. The fraction of sp³-hybridized carbons (Fsp3) is 0.360. The second kappa shape index (κ2) is 9.52. The lowest BCUT2D eigenvalue weighted by atomic mass is 9.95. The van der Waals surface area contributed by atoms with Gasteiger partial charge < -0.3 is 14.5 Å². The Labute approximate surface area is 187 Å². The number of amides is 2. The number of nitrogens with zero attached hydrogens (tertiary/aromatic N) is 2. The van der Waals surface area contributed by atoms with Crippen molar-refractivity contribution in [3.8, 4) is 5.75 Å². The van der Waals surface area contributed by atoms with Crippen molar-refractivity contribution in [2.75, 3.05) is 26.7 Å². The van der Waals surface area contributed by atoms with Gasteiger partial charge in [-0.15, -0.1) is 11.3 Å². The summed E-state index contributed by atoms with van der Waals surface area (Å²) in [5, 5.41) is 3.84. The summed E-state index contributed by atoms with van der Waals surface area (Å²) >= 11 is 1.67. The first-order chi connectivity index (χ1) is 15.1. The van der Waals surface area contributed by atoms with Gasteiger partial charge in [0.1, 0.15) is 5.75 Å². The number of hydrogen-bond donors (Lipinski definition) is 0. The second-order valence-electron chi connectivity index (χ2n) is 7.88. The number of rotatable bonds is 6. The van der Waals surface area contributed by atoms with Crippen LogP contribution in [0.25, 0.3) is 10.8 Å². The van der Waals surface area contributed by atoms with Gasteiger partial charge in [0.15, 0.2) is 0 Å². The number of carbonyl (C=O) groups excluding carboxylic acids is 2. The van der Waals surface area contributed by atoms with E-state index in [9.17, 15) is 9.59 Å². The Morgan fingerprint density at radius 1 is 1.13 bits per heavy atom. The number of piperidine rings is 1. The number of benzene rings is 2. The molecular formula is C25H28N2O3S. The molecule has 162 valence electrons. The van der Waals surface area contributed by atoms with Crippen LogP contribution in [0.4, 0.5) is 0 Å². The summed E-state index contributed by atoms with van der Waals surface area (Å²) in [4.78, 5) is 31.6. The van der Waals surface area contributed by atoms with Crippen molar-refractivity contribution in [1.29, 1.82) is 0 Å². The van der Waals surface area contributed by atoms with Gasteiger partial charge in [0, 0.05) is 35.5 Å². The van der Waals surface area contributed by atoms with Crippen LogP contribution in [0.3, 0.4) is 0 Å². The second-order valence-corrected chi connectivity index (χ2v) is 8.92. The number of carbonyl (C=O) groups is 2. The Morgan fingerprint density at radius 2 is 1.94 bits per heavy atom. The van der Waals surface area contributed by atoms with E-state index >= 15 is 0 Å². The zero-order valence-corrected chi connectivity index (χ0v) is 18.9. The molecule has 0 bridgehead atoms. The van der Waals surface area contributed by atoms with E-state index in [0.717, 1.165) is 29.4 Å². The quantitative estimate of drug-likeness (QED) is 0.557. The van der Waals surface area contributed by atoms with E-state index in [-0.39, 0.29) is 17.7 Å². The first kappa shape index (κ1) is 21.4. The van der Waals surface area contributed by atoms with Crippen molar-refractivity contribution in [2.45, 2.75) is 26.3 Å². The van der Waals surface area contributed by atoms with Gasteiger partial charge in [-0.25, -0.2) is 0 Å². The maximum absolute atomic E-state index is 13.4. The van der Waals surface area contributed by atoms with Crippen LogP contribution >= 0.6 is 11.3 Å².